The van der Waals surface area contributed by atoms with Crippen molar-refractivity contribution in [3.63, 3.8) is 0 Å². The molecule has 5 nitrogen and oxygen atoms in total. The van der Waals surface area contributed by atoms with Crippen LogP contribution in [0.5, 0.6) is 11.5 Å². The predicted molar refractivity (Wildman–Crippen MR) is 112 cm³/mol. The summed E-state index contributed by atoms with van der Waals surface area (Å²) in [6.45, 7) is 10.1. The number of methoxy groups -OCH3 is 2. The fourth-order valence-electron chi connectivity index (χ4n) is 5.23. The van der Waals surface area contributed by atoms with Gasteiger partial charge < -0.3 is 18.9 Å². The van der Waals surface area contributed by atoms with Gasteiger partial charge in [-0.25, -0.2) is 0 Å². The molecule has 2 saturated carbocycles. The lowest BCUT2D eigenvalue weighted by Crippen LogP contribution is -2.38. The van der Waals surface area contributed by atoms with E-state index in [2.05, 4.69) is 25.3 Å². The van der Waals surface area contributed by atoms with E-state index in [0.29, 0.717) is 29.3 Å². The lowest BCUT2D eigenvalue weighted by Gasteiger charge is -2.38. The molecule has 0 saturated heterocycles. The van der Waals surface area contributed by atoms with E-state index in [4.69, 9.17) is 18.9 Å². The summed E-state index contributed by atoms with van der Waals surface area (Å²) < 4.78 is 21.9. The van der Waals surface area contributed by atoms with Gasteiger partial charge in [-0.1, -0.05) is 24.3 Å². The number of esters is 1. The highest BCUT2D eigenvalue weighted by molar-refractivity contribution is 5.66. The van der Waals surface area contributed by atoms with E-state index in [1.54, 1.807) is 14.2 Å². The van der Waals surface area contributed by atoms with E-state index >= 15 is 0 Å². The number of benzene rings is 1. The van der Waals surface area contributed by atoms with Crippen molar-refractivity contribution in [2.24, 2.45) is 23.7 Å². The Morgan fingerprint density at radius 2 is 2.07 bits per heavy atom. The molecule has 0 bridgehead atoms. The quantitative estimate of drug-likeness (QED) is 0.364. The molecule has 2 aliphatic rings. The molecule has 0 unspecified atom stereocenters. The first kappa shape index (κ1) is 21.4. The molecule has 1 aromatic carbocycles. The number of carbonyl (C=O) groups excluding carboxylic acids is 1. The third-order valence-electron chi connectivity index (χ3n) is 6.32. The number of hydrogen-bond donors (Lipinski definition) is 0. The molecule has 1 aromatic rings. The second-order valence-corrected chi connectivity index (χ2v) is 8.08. The van der Waals surface area contributed by atoms with Crippen LogP contribution in [0.3, 0.4) is 0 Å². The summed E-state index contributed by atoms with van der Waals surface area (Å²) in [4.78, 5) is 11.7. The summed E-state index contributed by atoms with van der Waals surface area (Å²) in [6.07, 6.45) is 5.67. The van der Waals surface area contributed by atoms with Gasteiger partial charge in [0.05, 0.1) is 7.11 Å². The molecule has 0 aliphatic heterocycles. The van der Waals surface area contributed by atoms with Crippen LogP contribution in [0.4, 0.5) is 0 Å². The summed E-state index contributed by atoms with van der Waals surface area (Å²) in [5.74, 6) is 2.51. The van der Waals surface area contributed by atoms with Gasteiger partial charge in [-0.15, -0.1) is 6.58 Å². The van der Waals surface area contributed by atoms with Crippen molar-refractivity contribution in [2.75, 3.05) is 21.0 Å². The van der Waals surface area contributed by atoms with Crippen LogP contribution in [0.1, 0.15) is 31.7 Å². The van der Waals surface area contributed by atoms with E-state index in [1.807, 2.05) is 12.1 Å². The zero-order valence-corrected chi connectivity index (χ0v) is 17.7. The maximum Gasteiger partial charge on any atom is 0.302 e. The average molecular weight is 401 g/mol. The first-order valence-electron chi connectivity index (χ1n) is 10.2. The monoisotopic (exact) mass is 400 g/mol. The lowest BCUT2D eigenvalue weighted by molar-refractivity contribution is -0.152. The zero-order valence-electron chi connectivity index (χ0n) is 17.7. The Hall–Kier alpha value is -2.27. The van der Waals surface area contributed by atoms with E-state index in [-0.39, 0.29) is 24.8 Å². The van der Waals surface area contributed by atoms with Crippen molar-refractivity contribution >= 4 is 5.97 Å². The van der Waals surface area contributed by atoms with E-state index in [9.17, 15) is 4.79 Å². The molecule has 5 heteroatoms. The maximum absolute atomic E-state index is 11.7. The summed E-state index contributed by atoms with van der Waals surface area (Å²) in [5, 5.41) is 0. The van der Waals surface area contributed by atoms with Gasteiger partial charge >= 0.3 is 5.97 Å². The van der Waals surface area contributed by atoms with Crippen LogP contribution >= 0.6 is 0 Å². The Balaban J connectivity index is 1.85. The first-order chi connectivity index (χ1) is 14.0. The molecule has 2 aliphatic carbocycles. The topological polar surface area (TPSA) is 54.0 Å². The fourth-order valence-corrected chi connectivity index (χ4v) is 5.23. The van der Waals surface area contributed by atoms with E-state index in [0.717, 1.165) is 25.7 Å². The van der Waals surface area contributed by atoms with Crippen LogP contribution in [-0.4, -0.2) is 33.1 Å². The normalized spacial score (nSPS) is 28.5. The molecule has 0 spiro atoms. The molecule has 158 valence electrons. The van der Waals surface area contributed by atoms with Gasteiger partial charge in [-0.05, 0) is 61.1 Å². The highest BCUT2D eigenvalue weighted by Crippen LogP contribution is 2.53. The number of rotatable bonds is 8. The molecular weight excluding hydrogens is 368 g/mol. The van der Waals surface area contributed by atoms with Crippen molar-refractivity contribution in [3.8, 4) is 11.5 Å². The summed E-state index contributed by atoms with van der Waals surface area (Å²) in [6, 6.07) is 6.03. The molecule has 5 atom stereocenters. The Labute approximate surface area is 173 Å². The van der Waals surface area contributed by atoms with Gasteiger partial charge in [0.15, 0.2) is 18.3 Å². The van der Waals surface area contributed by atoms with Crippen LogP contribution in [-0.2, 0) is 20.7 Å². The summed E-state index contributed by atoms with van der Waals surface area (Å²) in [7, 11) is 3.22. The van der Waals surface area contributed by atoms with Crippen molar-refractivity contribution < 1.29 is 23.7 Å². The average Bonchev–Trinajstić information content (AvgIpc) is 3.08. The van der Waals surface area contributed by atoms with E-state index < -0.39 is 0 Å². The van der Waals surface area contributed by atoms with Gasteiger partial charge in [0.2, 0.25) is 0 Å². The highest BCUT2D eigenvalue weighted by Gasteiger charge is 2.49. The number of hydrogen-bond acceptors (Lipinski definition) is 5. The smallest absolute Gasteiger partial charge is 0.302 e. The van der Waals surface area contributed by atoms with Gasteiger partial charge in [-0.3, -0.25) is 4.79 Å². The SMILES string of the molecule is C=C[C@@H]1C[C@@H](Cc2ccc(OC)c(OCOC)c2)[C@@H]2[C@H]1C(=C)CC[C@@H]2OC(C)=O. The van der Waals surface area contributed by atoms with Crippen LogP contribution in [0.2, 0.25) is 0 Å². The Morgan fingerprint density at radius 1 is 1.28 bits per heavy atom. The van der Waals surface area contributed by atoms with E-state index in [1.165, 1.54) is 18.1 Å². The largest absolute Gasteiger partial charge is 0.493 e. The van der Waals surface area contributed by atoms with Crippen LogP contribution in [0, 0.1) is 23.7 Å². The standard InChI is InChI=1S/C24H32O5/c1-6-18-13-19(24-21(29-16(3)25)9-7-15(2)23(18)24)11-17-8-10-20(27-5)22(12-17)28-14-26-4/h6,8,10,12,18-19,21,23-24H,1-2,7,9,11,13-14H2,3-5H3/t18-,19-,21+,23+,24+/m1/s1. The van der Waals surface area contributed by atoms with Gasteiger partial charge in [0.25, 0.3) is 0 Å². The third-order valence-corrected chi connectivity index (χ3v) is 6.32. The van der Waals surface area contributed by atoms with Crippen molar-refractivity contribution in [1.29, 1.82) is 0 Å². The van der Waals surface area contributed by atoms with Crippen molar-refractivity contribution in [1.82, 2.24) is 0 Å². The van der Waals surface area contributed by atoms with Gasteiger partial charge in [0, 0.05) is 20.0 Å². The molecule has 29 heavy (non-hydrogen) atoms. The minimum absolute atomic E-state index is 0.0552. The molecular formula is C24H32O5. The van der Waals surface area contributed by atoms with Crippen LogP contribution in [0.25, 0.3) is 0 Å². The minimum atomic E-state index is -0.207. The number of allylic oxidation sites excluding steroid dienone is 2. The van der Waals surface area contributed by atoms with Crippen LogP contribution < -0.4 is 9.47 Å². The van der Waals surface area contributed by atoms with Crippen molar-refractivity contribution in [3.05, 3.63) is 48.6 Å². The summed E-state index contributed by atoms with van der Waals surface area (Å²) >= 11 is 0. The Bertz CT molecular complexity index is 756. The first-order valence-corrected chi connectivity index (χ1v) is 10.2. The molecule has 0 heterocycles. The Kier molecular flexibility index (Phi) is 7.01. The summed E-state index contributed by atoms with van der Waals surface area (Å²) in [5.41, 5.74) is 2.44. The fraction of sp³-hybridized carbons (Fsp3) is 0.542. The number of ether oxygens (including phenoxy) is 4. The number of fused-ring (bicyclic) bond motifs is 1. The molecule has 0 radical (unpaired) electrons. The minimum Gasteiger partial charge on any atom is -0.493 e. The lowest BCUT2D eigenvalue weighted by atomic mass is 9.70. The number of carbonyl (C=O) groups is 1. The molecule has 0 aromatic heterocycles. The van der Waals surface area contributed by atoms with Crippen molar-refractivity contribution in [2.45, 2.75) is 38.7 Å². The second kappa shape index (κ2) is 9.49. The second-order valence-electron chi connectivity index (χ2n) is 8.08. The highest BCUT2D eigenvalue weighted by atomic mass is 16.7. The van der Waals surface area contributed by atoms with Crippen LogP contribution in [0.15, 0.2) is 43.0 Å². The maximum atomic E-state index is 11.7. The molecule has 0 N–H and O–H groups in total. The zero-order chi connectivity index (χ0) is 21.0. The van der Waals surface area contributed by atoms with Gasteiger partial charge in [-0.2, -0.15) is 0 Å². The van der Waals surface area contributed by atoms with Gasteiger partial charge in [0.1, 0.15) is 6.10 Å². The predicted octanol–water partition coefficient (Wildman–Crippen LogP) is 4.56. The Morgan fingerprint density at radius 3 is 2.72 bits per heavy atom. The molecule has 0 amide bonds. The molecule has 3 rings (SSSR count). The third kappa shape index (κ3) is 4.67. The molecule has 2 fully saturated rings.